The van der Waals surface area contributed by atoms with Crippen LogP contribution in [0.4, 0.5) is 5.69 Å². The van der Waals surface area contributed by atoms with Crippen molar-refractivity contribution in [2.45, 2.75) is 40.2 Å². The number of hydrogen-bond acceptors (Lipinski definition) is 3. The Labute approximate surface area is 109 Å². The van der Waals surface area contributed by atoms with Gasteiger partial charge in [-0.15, -0.1) is 0 Å². The first kappa shape index (κ1) is 14.3. The maximum Gasteiger partial charge on any atom is 0.331 e. The van der Waals surface area contributed by atoms with Crippen molar-refractivity contribution in [3.05, 3.63) is 35.4 Å². The van der Waals surface area contributed by atoms with Gasteiger partial charge >= 0.3 is 5.97 Å². The fourth-order valence-corrected chi connectivity index (χ4v) is 1.67. The summed E-state index contributed by atoms with van der Waals surface area (Å²) < 4.78 is 5.25. The highest BCUT2D eigenvalue weighted by atomic mass is 16.6. The van der Waals surface area contributed by atoms with Crippen molar-refractivity contribution in [2.75, 3.05) is 5.73 Å². The number of nitrogen functional groups attached to an aromatic ring is 1. The average molecular weight is 247 g/mol. The van der Waals surface area contributed by atoms with Crippen LogP contribution in [0, 0.1) is 6.92 Å². The van der Waals surface area contributed by atoms with Gasteiger partial charge in [0.1, 0.15) is 5.60 Å². The summed E-state index contributed by atoms with van der Waals surface area (Å²) in [6, 6.07) is 5.67. The zero-order chi connectivity index (χ0) is 13.9. The highest BCUT2D eigenvalue weighted by molar-refractivity contribution is 5.92. The summed E-state index contributed by atoms with van der Waals surface area (Å²) in [7, 11) is 0. The lowest BCUT2D eigenvalue weighted by atomic mass is 10.0. The Morgan fingerprint density at radius 3 is 2.50 bits per heavy atom. The van der Waals surface area contributed by atoms with Crippen LogP contribution in [-0.2, 0) is 9.53 Å². The van der Waals surface area contributed by atoms with Gasteiger partial charge in [0.25, 0.3) is 0 Å². The van der Waals surface area contributed by atoms with Gasteiger partial charge in [-0.25, -0.2) is 4.79 Å². The van der Waals surface area contributed by atoms with Crippen molar-refractivity contribution in [3.8, 4) is 0 Å². The molecule has 0 radical (unpaired) electrons. The van der Waals surface area contributed by atoms with Crippen molar-refractivity contribution < 1.29 is 9.53 Å². The second-order valence-electron chi connectivity index (χ2n) is 5.38. The zero-order valence-corrected chi connectivity index (χ0v) is 11.7. The van der Waals surface area contributed by atoms with Gasteiger partial charge in [0.05, 0.1) is 0 Å². The summed E-state index contributed by atoms with van der Waals surface area (Å²) in [5, 5.41) is 0. The molecule has 3 heteroatoms. The molecule has 0 aliphatic heterocycles. The molecule has 0 aliphatic carbocycles. The molecule has 0 unspecified atom stereocenters. The SMILES string of the molecule is C/C(=C\C(=O)OC(C)(C)C)c1cccc(N)c1C. The van der Waals surface area contributed by atoms with Crippen LogP contribution < -0.4 is 5.73 Å². The quantitative estimate of drug-likeness (QED) is 0.495. The number of esters is 1. The Morgan fingerprint density at radius 1 is 1.33 bits per heavy atom. The molecule has 0 saturated heterocycles. The van der Waals surface area contributed by atoms with E-state index >= 15 is 0 Å². The van der Waals surface area contributed by atoms with E-state index in [-0.39, 0.29) is 5.97 Å². The van der Waals surface area contributed by atoms with Crippen molar-refractivity contribution in [2.24, 2.45) is 0 Å². The fourth-order valence-electron chi connectivity index (χ4n) is 1.67. The van der Waals surface area contributed by atoms with Crippen LogP contribution in [0.1, 0.15) is 38.8 Å². The Kier molecular flexibility index (Phi) is 4.17. The highest BCUT2D eigenvalue weighted by Crippen LogP contribution is 2.23. The molecule has 1 aromatic rings. The molecule has 0 saturated carbocycles. The second kappa shape index (κ2) is 5.25. The first-order valence-corrected chi connectivity index (χ1v) is 5.97. The Balaban J connectivity index is 2.97. The van der Waals surface area contributed by atoms with Crippen molar-refractivity contribution in [1.29, 1.82) is 0 Å². The number of allylic oxidation sites excluding steroid dienone is 1. The zero-order valence-electron chi connectivity index (χ0n) is 11.7. The minimum atomic E-state index is -0.474. The minimum Gasteiger partial charge on any atom is -0.457 e. The third-order valence-corrected chi connectivity index (χ3v) is 2.54. The monoisotopic (exact) mass is 247 g/mol. The number of carbonyl (C=O) groups is 1. The maximum absolute atomic E-state index is 11.7. The number of carbonyl (C=O) groups excluding carboxylic acids is 1. The largest absolute Gasteiger partial charge is 0.457 e. The Bertz CT molecular complexity index is 482. The van der Waals surface area contributed by atoms with E-state index in [1.165, 1.54) is 6.08 Å². The number of hydrogen-bond donors (Lipinski definition) is 1. The standard InChI is InChI=1S/C15H21NO2/c1-10(9-14(17)18-15(3,4)5)12-7-6-8-13(16)11(12)2/h6-9H,16H2,1-5H3/b10-9+. The number of rotatable bonds is 2. The van der Waals surface area contributed by atoms with Crippen LogP contribution in [0.25, 0.3) is 5.57 Å². The first-order chi connectivity index (χ1) is 8.20. The molecule has 0 aromatic heterocycles. The van der Waals surface area contributed by atoms with Crippen LogP contribution in [0.3, 0.4) is 0 Å². The molecule has 0 fully saturated rings. The van der Waals surface area contributed by atoms with Gasteiger partial charge in [0, 0.05) is 11.8 Å². The van der Waals surface area contributed by atoms with E-state index in [1.807, 2.05) is 52.8 Å². The molecule has 0 heterocycles. The molecule has 98 valence electrons. The topological polar surface area (TPSA) is 52.3 Å². The van der Waals surface area contributed by atoms with E-state index in [1.54, 1.807) is 0 Å². The van der Waals surface area contributed by atoms with Crippen molar-refractivity contribution >= 4 is 17.2 Å². The van der Waals surface area contributed by atoms with Crippen LogP contribution in [0.15, 0.2) is 24.3 Å². The molecule has 0 bridgehead atoms. The van der Waals surface area contributed by atoms with E-state index < -0.39 is 5.60 Å². The fraction of sp³-hybridized carbons (Fsp3) is 0.400. The molecule has 0 spiro atoms. The molecule has 0 atom stereocenters. The number of benzene rings is 1. The van der Waals surface area contributed by atoms with E-state index in [0.29, 0.717) is 0 Å². The summed E-state index contributed by atoms with van der Waals surface area (Å²) in [5.74, 6) is -0.332. The number of ether oxygens (including phenoxy) is 1. The van der Waals surface area contributed by atoms with E-state index in [9.17, 15) is 4.79 Å². The normalized spacial score (nSPS) is 12.4. The Morgan fingerprint density at radius 2 is 1.94 bits per heavy atom. The van der Waals surface area contributed by atoms with Gasteiger partial charge in [-0.1, -0.05) is 12.1 Å². The van der Waals surface area contributed by atoms with E-state index in [2.05, 4.69) is 0 Å². The summed E-state index contributed by atoms with van der Waals surface area (Å²) in [4.78, 5) is 11.7. The van der Waals surface area contributed by atoms with E-state index in [0.717, 1.165) is 22.4 Å². The summed E-state index contributed by atoms with van der Waals surface area (Å²) in [6.45, 7) is 9.36. The van der Waals surface area contributed by atoms with Crippen molar-refractivity contribution in [3.63, 3.8) is 0 Å². The van der Waals surface area contributed by atoms with Gasteiger partial charge < -0.3 is 10.5 Å². The first-order valence-electron chi connectivity index (χ1n) is 5.97. The van der Waals surface area contributed by atoms with Crippen LogP contribution in [-0.4, -0.2) is 11.6 Å². The molecule has 3 nitrogen and oxygen atoms in total. The van der Waals surface area contributed by atoms with Crippen molar-refractivity contribution in [1.82, 2.24) is 0 Å². The molecule has 1 aromatic carbocycles. The lowest BCUT2D eigenvalue weighted by molar-refractivity contribution is -0.148. The molecule has 1 rings (SSSR count). The molecule has 2 N–H and O–H groups in total. The second-order valence-corrected chi connectivity index (χ2v) is 5.38. The van der Waals surface area contributed by atoms with Crippen LogP contribution >= 0.6 is 0 Å². The highest BCUT2D eigenvalue weighted by Gasteiger charge is 2.15. The van der Waals surface area contributed by atoms with E-state index in [4.69, 9.17) is 10.5 Å². The summed E-state index contributed by atoms with van der Waals surface area (Å²) >= 11 is 0. The predicted molar refractivity (Wildman–Crippen MR) is 75.1 cm³/mol. The number of anilines is 1. The lowest BCUT2D eigenvalue weighted by Crippen LogP contribution is -2.22. The minimum absolute atomic E-state index is 0.332. The third kappa shape index (κ3) is 3.91. The lowest BCUT2D eigenvalue weighted by Gasteiger charge is -2.18. The summed E-state index contributed by atoms with van der Waals surface area (Å²) in [5.41, 5.74) is 8.91. The molecule has 18 heavy (non-hydrogen) atoms. The average Bonchev–Trinajstić information content (AvgIpc) is 2.18. The summed E-state index contributed by atoms with van der Waals surface area (Å²) in [6.07, 6.45) is 1.51. The van der Waals surface area contributed by atoms with Gasteiger partial charge in [0.15, 0.2) is 0 Å². The predicted octanol–water partition coefficient (Wildman–Crippen LogP) is 3.32. The Hall–Kier alpha value is -1.77. The van der Waals surface area contributed by atoms with Gasteiger partial charge in [0.2, 0.25) is 0 Å². The number of nitrogens with two attached hydrogens (primary N) is 1. The third-order valence-electron chi connectivity index (χ3n) is 2.54. The molecular formula is C15H21NO2. The molecule has 0 aliphatic rings. The van der Waals surface area contributed by atoms with Crippen LogP contribution in [0.2, 0.25) is 0 Å². The van der Waals surface area contributed by atoms with Crippen LogP contribution in [0.5, 0.6) is 0 Å². The molecular weight excluding hydrogens is 226 g/mol. The van der Waals surface area contributed by atoms with Gasteiger partial charge in [-0.2, -0.15) is 0 Å². The van der Waals surface area contributed by atoms with Gasteiger partial charge in [-0.05, 0) is 57.4 Å². The smallest absolute Gasteiger partial charge is 0.331 e. The molecule has 0 amide bonds. The maximum atomic E-state index is 11.7. The van der Waals surface area contributed by atoms with Gasteiger partial charge in [-0.3, -0.25) is 0 Å².